The molecule has 0 saturated carbocycles. The highest BCUT2D eigenvalue weighted by Crippen LogP contribution is 2.24. The first kappa shape index (κ1) is 26.7. The van der Waals surface area contributed by atoms with Crippen LogP contribution in [0.5, 0.6) is 0 Å². The van der Waals surface area contributed by atoms with E-state index in [2.05, 4.69) is 5.32 Å². The molecular formula is C28H29Cl2FN2O2. The van der Waals surface area contributed by atoms with Gasteiger partial charge in [-0.2, -0.15) is 0 Å². The van der Waals surface area contributed by atoms with Gasteiger partial charge in [-0.25, -0.2) is 4.39 Å². The lowest BCUT2D eigenvalue weighted by molar-refractivity contribution is -0.141. The maximum Gasteiger partial charge on any atom is 0.243 e. The van der Waals surface area contributed by atoms with Gasteiger partial charge >= 0.3 is 0 Å². The van der Waals surface area contributed by atoms with E-state index in [1.54, 1.807) is 36.4 Å². The van der Waals surface area contributed by atoms with Gasteiger partial charge in [-0.3, -0.25) is 9.59 Å². The van der Waals surface area contributed by atoms with Gasteiger partial charge in [0.2, 0.25) is 11.8 Å². The molecule has 7 heteroatoms. The lowest BCUT2D eigenvalue weighted by Crippen LogP contribution is -2.52. The van der Waals surface area contributed by atoms with Crippen LogP contribution in [0.3, 0.4) is 0 Å². The molecule has 0 bridgehead atoms. The number of amides is 2. The summed E-state index contributed by atoms with van der Waals surface area (Å²) in [6.07, 6.45) is 0.982. The molecule has 0 aliphatic carbocycles. The first-order chi connectivity index (χ1) is 16.8. The van der Waals surface area contributed by atoms with Crippen LogP contribution in [0.15, 0.2) is 72.8 Å². The van der Waals surface area contributed by atoms with Crippen molar-refractivity contribution >= 4 is 35.0 Å². The van der Waals surface area contributed by atoms with E-state index >= 15 is 0 Å². The zero-order valence-corrected chi connectivity index (χ0v) is 21.3. The Hall–Kier alpha value is -2.89. The van der Waals surface area contributed by atoms with E-state index in [9.17, 15) is 14.0 Å². The van der Waals surface area contributed by atoms with E-state index < -0.39 is 11.9 Å². The molecule has 2 amide bonds. The fraction of sp³-hybridized carbons (Fsp3) is 0.286. The van der Waals surface area contributed by atoms with Crippen LogP contribution in [0.25, 0.3) is 0 Å². The highest BCUT2D eigenvalue weighted by Gasteiger charge is 2.31. The lowest BCUT2D eigenvalue weighted by atomic mass is 10.0. The molecule has 0 radical (unpaired) electrons. The van der Waals surface area contributed by atoms with E-state index in [1.165, 1.54) is 11.0 Å². The van der Waals surface area contributed by atoms with Crippen LogP contribution in [0.4, 0.5) is 4.39 Å². The third-order valence-electron chi connectivity index (χ3n) is 5.93. The zero-order valence-electron chi connectivity index (χ0n) is 19.8. The number of rotatable bonds is 10. The minimum absolute atomic E-state index is 0.0493. The van der Waals surface area contributed by atoms with Crippen molar-refractivity contribution in [2.45, 2.75) is 51.7 Å². The summed E-state index contributed by atoms with van der Waals surface area (Å²) in [5, 5.41) is 3.82. The Bertz CT molecular complexity index is 1160. The lowest BCUT2D eigenvalue weighted by Gasteiger charge is -2.32. The second kappa shape index (κ2) is 12.7. The Morgan fingerprint density at radius 1 is 0.971 bits per heavy atom. The topological polar surface area (TPSA) is 49.4 Å². The highest BCUT2D eigenvalue weighted by atomic mass is 35.5. The van der Waals surface area contributed by atoms with Gasteiger partial charge in [-0.15, -0.1) is 0 Å². The summed E-state index contributed by atoms with van der Waals surface area (Å²) in [6.45, 7) is 3.83. The maximum absolute atomic E-state index is 14.6. The largest absolute Gasteiger partial charge is 0.352 e. The number of hydrogen-bond donors (Lipinski definition) is 1. The van der Waals surface area contributed by atoms with Crippen LogP contribution in [-0.2, 0) is 29.0 Å². The third-order valence-corrected chi connectivity index (χ3v) is 6.51. The first-order valence-corrected chi connectivity index (χ1v) is 12.3. The van der Waals surface area contributed by atoms with Crippen LogP contribution in [-0.4, -0.2) is 28.8 Å². The molecule has 0 aliphatic heterocycles. The molecule has 0 aliphatic rings. The van der Waals surface area contributed by atoms with Crippen molar-refractivity contribution in [2.75, 3.05) is 0 Å². The summed E-state index contributed by atoms with van der Waals surface area (Å²) < 4.78 is 14.6. The van der Waals surface area contributed by atoms with E-state index in [-0.39, 0.29) is 37.2 Å². The second-order valence-corrected chi connectivity index (χ2v) is 9.39. The van der Waals surface area contributed by atoms with Crippen LogP contribution < -0.4 is 5.32 Å². The molecule has 0 aromatic heterocycles. The van der Waals surface area contributed by atoms with Crippen molar-refractivity contribution < 1.29 is 14.0 Å². The normalized spacial score (nSPS) is 12.6. The predicted molar refractivity (Wildman–Crippen MR) is 139 cm³/mol. The van der Waals surface area contributed by atoms with Gasteiger partial charge < -0.3 is 10.2 Å². The molecule has 0 fully saturated rings. The molecular weight excluding hydrogens is 486 g/mol. The van der Waals surface area contributed by atoms with E-state index in [1.807, 2.05) is 44.2 Å². The monoisotopic (exact) mass is 514 g/mol. The SMILES string of the molecule is CC[C@@H](C)NC(=O)[C@@H](Cc1ccccc1)N(Cc1ccccc1F)C(=O)Cc1ccc(Cl)cc1Cl. The molecule has 0 spiro atoms. The molecule has 35 heavy (non-hydrogen) atoms. The number of carbonyl (C=O) groups excluding carboxylic acids is 2. The molecule has 4 nitrogen and oxygen atoms in total. The van der Waals surface area contributed by atoms with Gasteiger partial charge in [-0.1, -0.05) is 84.7 Å². The second-order valence-electron chi connectivity index (χ2n) is 8.55. The van der Waals surface area contributed by atoms with E-state index in [0.29, 0.717) is 21.2 Å². The van der Waals surface area contributed by atoms with Crippen molar-refractivity contribution in [3.8, 4) is 0 Å². The van der Waals surface area contributed by atoms with Gasteiger partial charge in [0, 0.05) is 34.6 Å². The predicted octanol–water partition coefficient (Wildman–Crippen LogP) is 6.23. The Morgan fingerprint density at radius 2 is 1.66 bits per heavy atom. The first-order valence-electron chi connectivity index (χ1n) is 11.6. The number of carbonyl (C=O) groups is 2. The van der Waals surface area contributed by atoms with Crippen LogP contribution in [0.2, 0.25) is 10.0 Å². The summed E-state index contributed by atoms with van der Waals surface area (Å²) in [5.41, 5.74) is 1.81. The van der Waals surface area contributed by atoms with Crippen LogP contribution >= 0.6 is 23.2 Å². The highest BCUT2D eigenvalue weighted by molar-refractivity contribution is 6.35. The van der Waals surface area contributed by atoms with Crippen molar-refractivity contribution in [3.05, 3.63) is 105 Å². The smallest absolute Gasteiger partial charge is 0.243 e. The molecule has 1 N–H and O–H groups in total. The van der Waals surface area contributed by atoms with Gasteiger partial charge in [0.15, 0.2) is 0 Å². The van der Waals surface area contributed by atoms with E-state index in [4.69, 9.17) is 23.2 Å². The standard InChI is InChI=1S/C28H29Cl2FN2O2/c1-3-19(2)32-28(35)26(15-20-9-5-4-6-10-20)33(18-22-11-7-8-12-25(22)31)27(34)16-21-13-14-23(29)17-24(21)30/h4-14,17,19,26H,3,15-16,18H2,1-2H3,(H,32,35)/t19-,26-/m1/s1. The number of halogens is 3. The number of hydrogen-bond acceptors (Lipinski definition) is 2. The van der Waals surface area contributed by atoms with Crippen molar-refractivity contribution in [3.63, 3.8) is 0 Å². The fourth-order valence-corrected chi connectivity index (χ4v) is 4.21. The molecule has 3 aromatic carbocycles. The van der Waals surface area contributed by atoms with Crippen molar-refractivity contribution in [2.24, 2.45) is 0 Å². The molecule has 184 valence electrons. The van der Waals surface area contributed by atoms with Gasteiger partial charge in [-0.05, 0) is 42.7 Å². The summed E-state index contributed by atoms with van der Waals surface area (Å²) in [6, 6.07) is 19.8. The Labute approximate surface area is 216 Å². The number of benzene rings is 3. The summed E-state index contributed by atoms with van der Waals surface area (Å²) in [7, 11) is 0. The van der Waals surface area contributed by atoms with Gasteiger partial charge in [0.1, 0.15) is 11.9 Å². The van der Waals surface area contributed by atoms with Gasteiger partial charge in [0.25, 0.3) is 0 Å². The average molecular weight is 515 g/mol. The molecule has 0 heterocycles. The Kier molecular flexibility index (Phi) is 9.70. The van der Waals surface area contributed by atoms with Crippen LogP contribution in [0, 0.1) is 5.82 Å². The minimum atomic E-state index is -0.843. The summed E-state index contributed by atoms with van der Waals surface area (Å²) in [5.74, 6) is -1.05. The molecule has 2 atom stereocenters. The summed E-state index contributed by atoms with van der Waals surface area (Å²) in [4.78, 5) is 28.6. The average Bonchev–Trinajstić information content (AvgIpc) is 2.84. The van der Waals surface area contributed by atoms with Gasteiger partial charge in [0.05, 0.1) is 6.42 Å². The molecule has 3 aromatic rings. The number of nitrogens with one attached hydrogen (secondary N) is 1. The number of nitrogens with zero attached hydrogens (tertiary/aromatic N) is 1. The molecule has 0 saturated heterocycles. The molecule has 3 rings (SSSR count). The van der Waals surface area contributed by atoms with Crippen molar-refractivity contribution in [1.29, 1.82) is 0 Å². The summed E-state index contributed by atoms with van der Waals surface area (Å²) >= 11 is 12.3. The van der Waals surface area contributed by atoms with Crippen molar-refractivity contribution in [1.82, 2.24) is 10.2 Å². The maximum atomic E-state index is 14.6. The zero-order chi connectivity index (χ0) is 25.4. The van der Waals surface area contributed by atoms with Crippen LogP contribution in [0.1, 0.15) is 37.0 Å². The quantitative estimate of drug-likeness (QED) is 0.348. The Morgan fingerprint density at radius 3 is 2.31 bits per heavy atom. The minimum Gasteiger partial charge on any atom is -0.352 e. The van der Waals surface area contributed by atoms with E-state index in [0.717, 1.165) is 12.0 Å². The third kappa shape index (κ3) is 7.55. The fourth-order valence-electron chi connectivity index (χ4n) is 3.73. The molecule has 0 unspecified atom stereocenters. The Balaban J connectivity index is 2.00.